The van der Waals surface area contributed by atoms with E-state index in [1.165, 1.54) is 4.90 Å². The van der Waals surface area contributed by atoms with E-state index in [1.807, 2.05) is 36.6 Å². The fraction of sp³-hybridized carbons (Fsp3) is 0.222. The Morgan fingerprint density at radius 3 is 2.62 bits per heavy atom. The molecule has 2 heterocycles. The van der Waals surface area contributed by atoms with Crippen molar-refractivity contribution in [2.24, 2.45) is 10.7 Å². The molecule has 0 saturated heterocycles. The summed E-state index contributed by atoms with van der Waals surface area (Å²) in [6.07, 6.45) is 0.744. The molecule has 3 rings (SSSR count). The average molecular weight is 404 g/mol. The number of hydrogen-bond acceptors (Lipinski definition) is 4. The second-order valence-corrected chi connectivity index (χ2v) is 7.85. The molecule has 6 heteroatoms. The van der Waals surface area contributed by atoms with Crippen molar-refractivity contribution < 1.29 is 4.79 Å². The van der Waals surface area contributed by atoms with Crippen molar-refractivity contribution in [1.82, 2.24) is 4.90 Å². The van der Waals surface area contributed by atoms with Gasteiger partial charge in [-0.3, -0.25) is 9.69 Å². The minimum absolute atomic E-state index is 0.0586. The second kappa shape index (κ2) is 6.61. The number of aliphatic imine (C=N–C) groups is 1. The lowest BCUT2D eigenvalue weighted by molar-refractivity contribution is -0.127. The van der Waals surface area contributed by atoms with Crippen molar-refractivity contribution in [3.05, 3.63) is 62.5 Å². The predicted molar refractivity (Wildman–Crippen MR) is 105 cm³/mol. The molecule has 0 aromatic heterocycles. The molecule has 24 heavy (non-hydrogen) atoms. The first-order valence-electron chi connectivity index (χ1n) is 7.50. The van der Waals surface area contributed by atoms with Gasteiger partial charge in [0, 0.05) is 22.9 Å². The van der Waals surface area contributed by atoms with Crippen LogP contribution in [0, 0.1) is 0 Å². The molecule has 2 aliphatic rings. The number of amides is 1. The molecule has 0 fully saturated rings. The summed E-state index contributed by atoms with van der Waals surface area (Å²) in [5.41, 5.74) is 9.65. The fourth-order valence-corrected chi connectivity index (χ4v) is 4.32. The van der Waals surface area contributed by atoms with Gasteiger partial charge >= 0.3 is 0 Å². The van der Waals surface area contributed by atoms with E-state index in [1.54, 1.807) is 18.8 Å². The molecule has 0 saturated carbocycles. The Labute approximate surface area is 154 Å². The van der Waals surface area contributed by atoms with E-state index in [0.29, 0.717) is 0 Å². The highest BCUT2D eigenvalue weighted by molar-refractivity contribution is 9.11. The lowest BCUT2D eigenvalue weighted by atomic mass is 9.91. The number of likely N-dealkylation sites (N-methyl/N-ethyl adjacent to an activating group) is 1. The first-order chi connectivity index (χ1) is 11.4. The van der Waals surface area contributed by atoms with Crippen LogP contribution in [0.1, 0.15) is 30.4 Å². The van der Waals surface area contributed by atoms with Gasteiger partial charge in [0.15, 0.2) is 0 Å². The van der Waals surface area contributed by atoms with Crippen LogP contribution in [-0.4, -0.2) is 23.8 Å². The number of halogens is 1. The van der Waals surface area contributed by atoms with Crippen LogP contribution in [0.15, 0.2) is 56.3 Å². The molecule has 0 radical (unpaired) electrons. The van der Waals surface area contributed by atoms with Crippen LogP contribution in [-0.2, 0) is 4.79 Å². The molecular formula is C18H18BrN3OS. The van der Waals surface area contributed by atoms with Gasteiger partial charge in [0.2, 0.25) is 11.9 Å². The smallest absolute Gasteiger partial charge is 0.242 e. The van der Waals surface area contributed by atoms with Crippen LogP contribution < -0.4 is 5.73 Å². The Hall–Kier alpha value is -1.79. The van der Waals surface area contributed by atoms with E-state index in [0.717, 1.165) is 38.2 Å². The molecule has 1 amide bonds. The topological polar surface area (TPSA) is 58.7 Å². The van der Waals surface area contributed by atoms with E-state index < -0.39 is 5.92 Å². The first-order valence-corrected chi connectivity index (χ1v) is 9.17. The number of rotatable bonds is 2. The third-order valence-corrected chi connectivity index (χ3v) is 5.96. The van der Waals surface area contributed by atoms with Crippen LogP contribution in [0.2, 0.25) is 0 Å². The molecule has 1 aromatic rings. The van der Waals surface area contributed by atoms with Crippen LogP contribution in [0.5, 0.6) is 0 Å². The van der Waals surface area contributed by atoms with Gasteiger partial charge in [-0.15, -0.1) is 0 Å². The van der Waals surface area contributed by atoms with E-state index in [9.17, 15) is 4.79 Å². The Morgan fingerprint density at radius 1 is 1.42 bits per heavy atom. The molecule has 2 N–H and O–H groups in total. The van der Waals surface area contributed by atoms with Crippen molar-refractivity contribution in [1.29, 1.82) is 0 Å². The van der Waals surface area contributed by atoms with Crippen LogP contribution in [0.3, 0.4) is 0 Å². The zero-order chi connectivity index (χ0) is 17.4. The summed E-state index contributed by atoms with van der Waals surface area (Å²) in [4.78, 5) is 19.9. The third kappa shape index (κ3) is 3.08. The maximum absolute atomic E-state index is 12.9. The van der Waals surface area contributed by atoms with Crippen molar-refractivity contribution in [2.45, 2.75) is 19.3 Å². The van der Waals surface area contributed by atoms with Crippen molar-refractivity contribution in [3.63, 3.8) is 0 Å². The van der Waals surface area contributed by atoms with E-state index in [-0.39, 0.29) is 11.9 Å². The number of thioether (sulfide) groups is 1. The lowest BCUT2D eigenvalue weighted by Crippen LogP contribution is -2.45. The first kappa shape index (κ1) is 17.0. The average Bonchev–Trinajstić information content (AvgIpc) is 2.99. The standard InChI is InChI=1S/C18H18BrN3OS/c1-10(2)11-4-6-12(7-5-11)15-16(14-8-13(19)9-24-14)21-18(20)22(3)17(15)23/h4-7,9,15H,1,8H2,2-3H3,(H2,20,21)/b16-14+. The van der Waals surface area contributed by atoms with Crippen molar-refractivity contribution >= 4 is 45.1 Å². The SMILES string of the molecule is C=C(C)c1ccc(C2C(=O)N(C)C(N)=N/C2=C2\CC(Br)=CS2)cc1. The quantitative estimate of drug-likeness (QED) is 0.805. The minimum atomic E-state index is -0.434. The lowest BCUT2D eigenvalue weighted by Gasteiger charge is -2.30. The molecule has 0 aliphatic carbocycles. The number of carbonyl (C=O) groups excluding carboxylic acids is 1. The summed E-state index contributed by atoms with van der Waals surface area (Å²) < 4.78 is 1.09. The van der Waals surface area contributed by atoms with Crippen LogP contribution >= 0.6 is 27.7 Å². The largest absolute Gasteiger partial charge is 0.369 e. The number of allylic oxidation sites excluding steroid dienone is 3. The number of nitrogens with zero attached hydrogens (tertiary/aromatic N) is 2. The highest BCUT2D eigenvalue weighted by Crippen LogP contribution is 2.44. The summed E-state index contributed by atoms with van der Waals surface area (Å²) in [6.45, 7) is 5.92. The predicted octanol–water partition coefficient (Wildman–Crippen LogP) is 4.17. The van der Waals surface area contributed by atoms with Crippen LogP contribution in [0.4, 0.5) is 0 Å². The Morgan fingerprint density at radius 2 is 2.08 bits per heavy atom. The Bertz CT molecular complexity index is 808. The van der Waals surface area contributed by atoms with Gasteiger partial charge in [-0.25, -0.2) is 4.99 Å². The monoisotopic (exact) mass is 403 g/mol. The van der Waals surface area contributed by atoms with Gasteiger partial charge in [0.1, 0.15) is 5.92 Å². The zero-order valence-electron chi connectivity index (χ0n) is 13.5. The van der Waals surface area contributed by atoms with Crippen molar-refractivity contribution in [3.8, 4) is 0 Å². The summed E-state index contributed by atoms with van der Waals surface area (Å²) >= 11 is 5.10. The van der Waals surface area contributed by atoms with Crippen LogP contribution in [0.25, 0.3) is 5.57 Å². The molecule has 2 aliphatic heterocycles. The van der Waals surface area contributed by atoms with Gasteiger partial charge in [0.25, 0.3) is 0 Å². The highest BCUT2D eigenvalue weighted by Gasteiger charge is 2.36. The summed E-state index contributed by atoms with van der Waals surface area (Å²) in [6, 6.07) is 7.93. The van der Waals surface area contributed by atoms with Gasteiger partial charge in [-0.1, -0.05) is 64.1 Å². The number of guanidine groups is 1. The molecule has 1 atom stereocenters. The number of nitrogens with two attached hydrogens (primary N) is 1. The highest BCUT2D eigenvalue weighted by atomic mass is 79.9. The van der Waals surface area contributed by atoms with E-state index in [4.69, 9.17) is 5.73 Å². The molecule has 1 aromatic carbocycles. The van der Waals surface area contributed by atoms with Gasteiger partial charge < -0.3 is 5.73 Å². The molecule has 4 nitrogen and oxygen atoms in total. The fourth-order valence-electron chi connectivity index (χ4n) is 2.69. The summed E-state index contributed by atoms with van der Waals surface area (Å²) in [7, 11) is 1.66. The van der Waals surface area contributed by atoms with Gasteiger partial charge in [-0.2, -0.15) is 0 Å². The number of hydrogen-bond donors (Lipinski definition) is 1. The minimum Gasteiger partial charge on any atom is -0.369 e. The zero-order valence-corrected chi connectivity index (χ0v) is 15.9. The maximum Gasteiger partial charge on any atom is 0.242 e. The molecule has 0 spiro atoms. The molecule has 0 bridgehead atoms. The summed E-state index contributed by atoms with van der Waals surface area (Å²) in [5, 5.41) is 2.03. The third-order valence-electron chi connectivity index (χ3n) is 4.11. The van der Waals surface area contributed by atoms with Gasteiger partial charge in [-0.05, 0) is 23.5 Å². The van der Waals surface area contributed by atoms with Gasteiger partial charge in [0.05, 0.1) is 5.70 Å². The maximum atomic E-state index is 12.9. The normalized spacial score (nSPS) is 24.0. The number of benzene rings is 1. The molecular weight excluding hydrogens is 386 g/mol. The van der Waals surface area contributed by atoms with E-state index in [2.05, 4.69) is 27.5 Å². The number of carbonyl (C=O) groups is 1. The Balaban J connectivity index is 2.08. The second-order valence-electron chi connectivity index (χ2n) is 5.87. The summed E-state index contributed by atoms with van der Waals surface area (Å²) in [5.74, 6) is -0.256. The van der Waals surface area contributed by atoms with Crippen molar-refractivity contribution in [2.75, 3.05) is 7.05 Å². The molecule has 124 valence electrons. The molecule has 1 unspecified atom stereocenters. The Kier molecular flexibility index (Phi) is 4.69. The van der Waals surface area contributed by atoms with E-state index >= 15 is 0 Å².